The van der Waals surface area contributed by atoms with Gasteiger partial charge in [-0.15, -0.1) is 0 Å². The van der Waals surface area contributed by atoms with Gasteiger partial charge in [0, 0.05) is 26.0 Å². The quantitative estimate of drug-likeness (QED) is 0.860. The number of benzene rings is 1. The summed E-state index contributed by atoms with van der Waals surface area (Å²) in [6, 6.07) is 7.08. The summed E-state index contributed by atoms with van der Waals surface area (Å²) in [6.45, 7) is 4.74. The Morgan fingerprint density at radius 2 is 2.00 bits per heavy atom. The van der Waals surface area contributed by atoms with Crippen LogP contribution in [0.15, 0.2) is 36.7 Å². The Bertz CT molecular complexity index is 634. The van der Waals surface area contributed by atoms with Gasteiger partial charge in [0.2, 0.25) is 0 Å². The third-order valence-electron chi connectivity index (χ3n) is 3.51. The standard InChI is InChI=1S/C17H24N4O2/c1-12(2)11-19-17(22)20-15(16-18-9-10-21(16)3)13-5-7-14(23-4)8-6-13/h5-10,12,15H,11H2,1-4H3,(H2,19,20,22). The summed E-state index contributed by atoms with van der Waals surface area (Å²) < 4.78 is 7.09. The lowest BCUT2D eigenvalue weighted by Gasteiger charge is -2.20. The largest absolute Gasteiger partial charge is 0.497 e. The lowest BCUT2D eigenvalue weighted by molar-refractivity contribution is 0.237. The first kappa shape index (κ1) is 16.9. The Morgan fingerprint density at radius 1 is 1.30 bits per heavy atom. The van der Waals surface area contributed by atoms with Crippen LogP contribution in [0.3, 0.4) is 0 Å². The molecule has 2 aromatic rings. The maximum Gasteiger partial charge on any atom is 0.315 e. The Balaban J connectivity index is 2.21. The number of carbonyl (C=O) groups excluding carboxylic acids is 1. The number of imidazole rings is 1. The molecule has 1 unspecified atom stereocenters. The smallest absolute Gasteiger partial charge is 0.315 e. The zero-order valence-corrected chi connectivity index (χ0v) is 14.0. The van der Waals surface area contributed by atoms with Gasteiger partial charge in [-0.05, 0) is 23.6 Å². The summed E-state index contributed by atoms with van der Waals surface area (Å²) >= 11 is 0. The second-order valence-corrected chi connectivity index (χ2v) is 5.85. The summed E-state index contributed by atoms with van der Waals surface area (Å²) in [6.07, 6.45) is 3.58. The summed E-state index contributed by atoms with van der Waals surface area (Å²) in [4.78, 5) is 16.5. The van der Waals surface area contributed by atoms with Crippen molar-refractivity contribution in [1.82, 2.24) is 20.2 Å². The maximum absolute atomic E-state index is 12.2. The molecule has 1 aromatic heterocycles. The monoisotopic (exact) mass is 316 g/mol. The van der Waals surface area contributed by atoms with Crippen molar-refractivity contribution >= 4 is 6.03 Å². The van der Waals surface area contributed by atoms with Gasteiger partial charge in [-0.25, -0.2) is 9.78 Å². The minimum Gasteiger partial charge on any atom is -0.497 e. The minimum absolute atomic E-state index is 0.206. The number of ether oxygens (including phenoxy) is 1. The molecular formula is C17H24N4O2. The van der Waals surface area contributed by atoms with E-state index in [-0.39, 0.29) is 12.1 Å². The van der Waals surface area contributed by atoms with Crippen molar-refractivity contribution in [3.05, 3.63) is 48.0 Å². The number of aromatic nitrogens is 2. The molecule has 6 nitrogen and oxygen atoms in total. The molecule has 2 rings (SSSR count). The second-order valence-electron chi connectivity index (χ2n) is 5.85. The highest BCUT2D eigenvalue weighted by atomic mass is 16.5. The van der Waals surface area contributed by atoms with Gasteiger partial charge in [0.25, 0.3) is 0 Å². The first-order valence-corrected chi connectivity index (χ1v) is 7.66. The molecule has 2 amide bonds. The van der Waals surface area contributed by atoms with Gasteiger partial charge in [-0.1, -0.05) is 26.0 Å². The Hall–Kier alpha value is -2.50. The fourth-order valence-electron chi connectivity index (χ4n) is 2.23. The van der Waals surface area contributed by atoms with Crippen molar-refractivity contribution in [2.45, 2.75) is 19.9 Å². The third kappa shape index (κ3) is 4.48. The lowest BCUT2D eigenvalue weighted by atomic mass is 10.1. The highest BCUT2D eigenvalue weighted by Crippen LogP contribution is 2.22. The minimum atomic E-state index is -0.326. The zero-order valence-electron chi connectivity index (χ0n) is 14.0. The topological polar surface area (TPSA) is 68.2 Å². The number of amides is 2. The van der Waals surface area contributed by atoms with Crippen LogP contribution in [-0.4, -0.2) is 29.2 Å². The van der Waals surface area contributed by atoms with E-state index >= 15 is 0 Å². The molecule has 0 saturated heterocycles. The number of nitrogens with zero attached hydrogens (tertiary/aromatic N) is 2. The molecule has 6 heteroatoms. The number of hydrogen-bond acceptors (Lipinski definition) is 3. The molecule has 0 bridgehead atoms. The molecule has 1 heterocycles. The molecule has 0 radical (unpaired) electrons. The van der Waals surface area contributed by atoms with Gasteiger partial charge < -0.3 is 19.9 Å². The fourth-order valence-corrected chi connectivity index (χ4v) is 2.23. The van der Waals surface area contributed by atoms with Crippen LogP contribution < -0.4 is 15.4 Å². The van der Waals surface area contributed by atoms with Gasteiger partial charge in [0.1, 0.15) is 17.6 Å². The van der Waals surface area contributed by atoms with Crippen LogP contribution in [0.2, 0.25) is 0 Å². The van der Waals surface area contributed by atoms with Crippen LogP contribution in [0.25, 0.3) is 0 Å². The van der Waals surface area contributed by atoms with Gasteiger partial charge in [0.15, 0.2) is 0 Å². The van der Waals surface area contributed by atoms with Crippen molar-refractivity contribution in [1.29, 1.82) is 0 Å². The van der Waals surface area contributed by atoms with Gasteiger partial charge in [-0.2, -0.15) is 0 Å². The van der Waals surface area contributed by atoms with E-state index < -0.39 is 0 Å². The van der Waals surface area contributed by atoms with Gasteiger partial charge in [0.05, 0.1) is 7.11 Å². The molecule has 0 spiro atoms. The van der Waals surface area contributed by atoms with Crippen molar-refractivity contribution < 1.29 is 9.53 Å². The maximum atomic E-state index is 12.2. The van der Waals surface area contributed by atoms with Crippen LogP contribution >= 0.6 is 0 Å². The van der Waals surface area contributed by atoms with Crippen molar-refractivity contribution in [2.75, 3.05) is 13.7 Å². The average molecular weight is 316 g/mol. The molecular weight excluding hydrogens is 292 g/mol. The van der Waals surface area contributed by atoms with Crippen LogP contribution in [-0.2, 0) is 7.05 Å². The zero-order chi connectivity index (χ0) is 16.8. The summed E-state index contributed by atoms with van der Waals surface area (Å²) in [7, 11) is 3.54. The summed E-state index contributed by atoms with van der Waals surface area (Å²) in [5.41, 5.74) is 0.944. The van der Waals surface area contributed by atoms with E-state index in [4.69, 9.17) is 4.74 Å². The molecule has 1 atom stereocenters. The highest BCUT2D eigenvalue weighted by molar-refractivity contribution is 5.74. The van der Waals surface area contributed by atoms with Gasteiger partial charge >= 0.3 is 6.03 Å². The van der Waals surface area contributed by atoms with E-state index in [0.717, 1.165) is 17.1 Å². The third-order valence-corrected chi connectivity index (χ3v) is 3.51. The predicted molar refractivity (Wildman–Crippen MR) is 89.4 cm³/mol. The normalized spacial score (nSPS) is 12.0. The van der Waals surface area contributed by atoms with Crippen LogP contribution in [0.4, 0.5) is 4.79 Å². The molecule has 23 heavy (non-hydrogen) atoms. The molecule has 124 valence electrons. The van der Waals surface area contributed by atoms with Crippen LogP contribution in [0, 0.1) is 5.92 Å². The predicted octanol–water partition coefficient (Wildman–Crippen LogP) is 2.47. The SMILES string of the molecule is COc1ccc(C(NC(=O)NCC(C)C)c2nccn2C)cc1. The number of methoxy groups -OCH3 is 1. The number of nitrogens with one attached hydrogen (secondary N) is 2. The van der Waals surface area contributed by atoms with E-state index in [1.807, 2.05) is 42.1 Å². The molecule has 0 aliphatic heterocycles. The first-order chi connectivity index (χ1) is 11.0. The average Bonchev–Trinajstić information content (AvgIpc) is 2.96. The van der Waals surface area contributed by atoms with Crippen LogP contribution in [0.5, 0.6) is 5.75 Å². The Labute approximate surface area is 136 Å². The fraction of sp³-hybridized carbons (Fsp3) is 0.412. The molecule has 0 aliphatic rings. The molecule has 0 aliphatic carbocycles. The van der Waals surface area contributed by atoms with Crippen molar-refractivity contribution in [3.63, 3.8) is 0 Å². The number of aryl methyl sites for hydroxylation is 1. The van der Waals surface area contributed by atoms with E-state index in [9.17, 15) is 4.79 Å². The summed E-state index contributed by atoms with van der Waals surface area (Å²) in [5, 5.41) is 5.87. The van der Waals surface area contributed by atoms with E-state index in [0.29, 0.717) is 12.5 Å². The number of carbonyl (C=O) groups is 1. The molecule has 0 saturated carbocycles. The van der Waals surface area contributed by atoms with E-state index in [2.05, 4.69) is 29.5 Å². The van der Waals surface area contributed by atoms with Crippen LogP contribution in [0.1, 0.15) is 31.3 Å². The number of rotatable bonds is 6. The Kier molecular flexibility index (Phi) is 5.62. The second kappa shape index (κ2) is 7.67. The lowest BCUT2D eigenvalue weighted by Crippen LogP contribution is -2.40. The van der Waals surface area contributed by atoms with Gasteiger partial charge in [-0.3, -0.25) is 0 Å². The summed E-state index contributed by atoms with van der Waals surface area (Å²) in [5.74, 6) is 1.94. The van der Waals surface area contributed by atoms with Crippen molar-refractivity contribution in [2.24, 2.45) is 13.0 Å². The first-order valence-electron chi connectivity index (χ1n) is 7.66. The number of hydrogen-bond donors (Lipinski definition) is 2. The van der Waals surface area contributed by atoms with E-state index in [1.54, 1.807) is 13.3 Å². The Morgan fingerprint density at radius 3 is 2.52 bits per heavy atom. The van der Waals surface area contributed by atoms with Crippen molar-refractivity contribution in [3.8, 4) is 5.75 Å². The molecule has 1 aromatic carbocycles. The highest BCUT2D eigenvalue weighted by Gasteiger charge is 2.20. The van der Waals surface area contributed by atoms with E-state index in [1.165, 1.54) is 0 Å². The number of urea groups is 1. The molecule has 2 N–H and O–H groups in total. The molecule has 0 fully saturated rings.